The van der Waals surface area contributed by atoms with Gasteiger partial charge in [-0.15, -0.1) is 11.3 Å². The van der Waals surface area contributed by atoms with E-state index in [2.05, 4.69) is 5.32 Å². The summed E-state index contributed by atoms with van der Waals surface area (Å²) in [6.45, 7) is 0. The van der Waals surface area contributed by atoms with Crippen molar-refractivity contribution in [2.45, 2.75) is 19.3 Å². The average Bonchev–Trinajstić information content (AvgIpc) is 3.01. The zero-order valence-electron chi connectivity index (χ0n) is 11.4. The first-order valence-electron chi connectivity index (χ1n) is 6.68. The molecule has 3 N–H and O–H groups in total. The van der Waals surface area contributed by atoms with Crippen LogP contribution in [0.2, 0.25) is 0 Å². The molecule has 0 radical (unpaired) electrons. The molecule has 1 aromatic carbocycles. The van der Waals surface area contributed by atoms with Gasteiger partial charge in [-0.3, -0.25) is 9.59 Å². The second-order valence-electron chi connectivity index (χ2n) is 5.00. The van der Waals surface area contributed by atoms with Gasteiger partial charge in [0.15, 0.2) is 0 Å². The summed E-state index contributed by atoms with van der Waals surface area (Å²) in [6.07, 6.45) is 2.49. The fourth-order valence-corrected chi connectivity index (χ4v) is 3.88. The van der Waals surface area contributed by atoms with Crippen LogP contribution in [0.1, 0.15) is 37.6 Å². The van der Waals surface area contributed by atoms with E-state index in [9.17, 15) is 18.4 Å². The molecule has 1 aromatic heterocycles. The van der Waals surface area contributed by atoms with Gasteiger partial charge < -0.3 is 11.1 Å². The molecule has 0 saturated carbocycles. The summed E-state index contributed by atoms with van der Waals surface area (Å²) in [5.74, 6) is -2.98. The van der Waals surface area contributed by atoms with Gasteiger partial charge >= 0.3 is 0 Å². The van der Waals surface area contributed by atoms with Crippen molar-refractivity contribution in [1.82, 2.24) is 0 Å². The van der Waals surface area contributed by atoms with Crippen LogP contribution in [0.4, 0.5) is 13.8 Å². The minimum absolute atomic E-state index is 0.280. The minimum atomic E-state index is -0.830. The Balaban J connectivity index is 1.95. The Morgan fingerprint density at radius 3 is 2.73 bits per heavy atom. The molecule has 1 aliphatic carbocycles. The van der Waals surface area contributed by atoms with Crippen molar-refractivity contribution in [3.8, 4) is 0 Å². The monoisotopic (exact) mass is 322 g/mol. The molecule has 0 bridgehead atoms. The molecule has 114 valence electrons. The van der Waals surface area contributed by atoms with E-state index < -0.39 is 29.0 Å². The van der Waals surface area contributed by atoms with Gasteiger partial charge in [0.25, 0.3) is 11.8 Å². The number of halogens is 2. The van der Waals surface area contributed by atoms with Crippen molar-refractivity contribution in [2.75, 3.05) is 5.32 Å². The summed E-state index contributed by atoms with van der Waals surface area (Å²) in [6, 6.07) is 2.63. The number of rotatable bonds is 3. The van der Waals surface area contributed by atoms with Crippen molar-refractivity contribution in [3.05, 3.63) is 51.4 Å². The lowest BCUT2D eigenvalue weighted by Crippen LogP contribution is -2.18. The highest BCUT2D eigenvalue weighted by Gasteiger charge is 2.26. The number of carbonyl (C=O) groups is 2. The molecular formula is C15H12F2N2O2S. The molecule has 4 nitrogen and oxygen atoms in total. The minimum Gasteiger partial charge on any atom is -0.365 e. The summed E-state index contributed by atoms with van der Waals surface area (Å²) in [7, 11) is 0. The maximum atomic E-state index is 13.6. The lowest BCUT2D eigenvalue weighted by Gasteiger charge is -2.07. The highest BCUT2D eigenvalue weighted by Crippen LogP contribution is 2.39. The Hall–Kier alpha value is -2.28. The molecule has 22 heavy (non-hydrogen) atoms. The summed E-state index contributed by atoms with van der Waals surface area (Å²) in [4.78, 5) is 24.8. The van der Waals surface area contributed by atoms with E-state index in [0.717, 1.165) is 47.9 Å². The van der Waals surface area contributed by atoms with Crippen molar-refractivity contribution in [2.24, 2.45) is 5.73 Å². The van der Waals surface area contributed by atoms with Crippen molar-refractivity contribution in [3.63, 3.8) is 0 Å². The third-order valence-electron chi connectivity index (χ3n) is 3.57. The number of amides is 2. The Morgan fingerprint density at radius 1 is 1.23 bits per heavy atom. The molecule has 0 fully saturated rings. The highest BCUT2D eigenvalue weighted by molar-refractivity contribution is 7.17. The van der Waals surface area contributed by atoms with E-state index in [4.69, 9.17) is 5.73 Å². The maximum Gasteiger partial charge on any atom is 0.259 e. The van der Waals surface area contributed by atoms with E-state index in [1.807, 2.05) is 0 Å². The zero-order chi connectivity index (χ0) is 15.9. The molecular weight excluding hydrogens is 310 g/mol. The van der Waals surface area contributed by atoms with Gasteiger partial charge in [-0.2, -0.15) is 0 Å². The lowest BCUT2D eigenvalue weighted by atomic mass is 10.1. The maximum absolute atomic E-state index is 13.6. The normalized spacial score (nSPS) is 13.0. The molecule has 3 rings (SSSR count). The van der Waals surface area contributed by atoms with E-state index in [1.54, 1.807) is 0 Å². The number of benzene rings is 1. The number of hydrogen-bond donors (Lipinski definition) is 2. The summed E-state index contributed by atoms with van der Waals surface area (Å²) in [5.41, 5.74) is 6.10. The van der Waals surface area contributed by atoms with Crippen molar-refractivity contribution < 1.29 is 18.4 Å². The molecule has 7 heteroatoms. The van der Waals surface area contributed by atoms with Crippen LogP contribution in [0.15, 0.2) is 18.2 Å². The predicted octanol–water partition coefficient (Wildman–Crippen LogP) is 2.87. The molecule has 1 heterocycles. The Bertz CT molecular complexity index is 786. The standard InChI is InChI=1S/C15H12F2N2O2S/c16-7-4-5-10(17)9(6-7)14(21)19-15-12(13(18)20)8-2-1-3-11(8)22-15/h4-6H,1-3H2,(H2,18,20)(H,19,21). The van der Waals surface area contributed by atoms with Gasteiger partial charge in [0, 0.05) is 4.88 Å². The number of carbonyl (C=O) groups excluding carboxylic acids is 2. The molecule has 0 spiro atoms. The fraction of sp³-hybridized carbons (Fsp3) is 0.200. The van der Waals surface area contributed by atoms with Crippen molar-refractivity contribution in [1.29, 1.82) is 0 Å². The van der Waals surface area contributed by atoms with Crippen LogP contribution in [0.3, 0.4) is 0 Å². The first-order chi connectivity index (χ1) is 10.5. The van der Waals surface area contributed by atoms with Crippen LogP contribution in [-0.4, -0.2) is 11.8 Å². The molecule has 0 atom stereocenters. The third kappa shape index (κ3) is 2.48. The Labute approximate surface area is 128 Å². The number of nitrogens with one attached hydrogen (secondary N) is 1. The SMILES string of the molecule is NC(=O)c1c(NC(=O)c2cc(F)ccc2F)sc2c1CCC2. The van der Waals surface area contributed by atoms with Crippen LogP contribution in [0.5, 0.6) is 0 Å². The number of thiophene rings is 1. The summed E-state index contributed by atoms with van der Waals surface area (Å²) in [5, 5.41) is 2.77. The van der Waals surface area contributed by atoms with E-state index in [1.165, 1.54) is 11.3 Å². The molecule has 1 aliphatic rings. The lowest BCUT2D eigenvalue weighted by molar-refractivity contribution is 0.100. The number of fused-ring (bicyclic) bond motifs is 1. The number of hydrogen-bond acceptors (Lipinski definition) is 3. The number of nitrogens with two attached hydrogens (primary N) is 1. The molecule has 0 unspecified atom stereocenters. The molecule has 0 aliphatic heterocycles. The van der Waals surface area contributed by atoms with E-state index in [0.29, 0.717) is 5.00 Å². The number of anilines is 1. The quantitative estimate of drug-likeness (QED) is 0.912. The zero-order valence-corrected chi connectivity index (χ0v) is 12.2. The first kappa shape index (κ1) is 14.6. The summed E-state index contributed by atoms with van der Waals surface area (Å²) >= 11 is 1.26. The van der Waals surface area contributed by atoms with Gasteiger partial charge in [-0.1, -0.05) is 0 Å². The Morgan fingerprint density at radius 2 is 2.00 bits per heavy atom. The van der Waals surface area contributed by atoms with Crippen LogP contribution in [-0.2, 0) is 12.8 Å². The average molecular weight is 322 g/mol. The number of primary amides is 1. The Kier molecular flexibility index (Phi) is 3.66. The second kappa shape index (κ2) is 5.49. The van der Waals surface area contributed by atoms with Crippen molar-refractivity contribution >= 4 is 28.2 Å². The third-order valence-corrected chi connectivity index (χ3v) is 4.78. The van der Waals surface area contributed by atoms with Gasteiger partial charge in [0.2, 0.25) is 0 Å². The topological polar surface area (TPSA) is 72.2 Å². The molecule has 2 amide bonds. The highest BCUT2D eigenvalue weighted by atomic mass is 32.1. The van der Waals surface area contributed by atoms with Gasteiger partial charge in [-0.05, 0) is 43.0 Å². The second-order valence-corrected chi connectivity index (χ2v) is 6.11. The fourth-order valence-electron chi connectivity index (χ4n) is 2.59. The van der Waals surface area contributed by atoms with E-state index in [-0.39, 0.29) is 5.56 Å². The van der Waals surface area contributed by atoms with Gasteiger partial charge in [0.05, 0.1) is 11.1 Å². The van der Waals surface area contributed by atoms with Crippen LogP contribution in [0, 0.1) is 11.6 Å². The van der Waals surface area contributed by atoms with Crippen LogP contribution in [0.25, 0.3) is 0 Å². The first-order valence-corrected chi connectivity index (χ1v) is 7.49. The molecule has 2 aromatic rings. The summed E-state index contributed by atoms with van der Waals surface area (Å²) < 4.78 is 26.8. The van der Waals surface area contributed by atoms with Crippen LogP contribution >= 0.6 is 11.3 Å². The largest absolute Gasteiger partial charge is 0.365 e. The van der Waals surface area contributed by atoms with Crippen LogP contribution < -0.4 is 11.1 Å². The molecule has 0 saturated heterocycles. The van der Waals surface area contributed by atoms with Gasteiger partial charge in [-0.25, -0.2) is 8.78 Å². The van der Waals surface area contributed by atoms with E-state index >= 15 is 0 Å². The predicted molar refractivity (Wildman–Crippen MR) is 79.2 cm³/mol. The smallest absolute Gasteiger partial charge is 0.259 e. The number of aryl methyl sites for hydroxylation is 1. The van der Waals surface area contributed by atoms with Gasteiger partial charge in [0.1, 0.15) is 16.6 Å².